The molecule has 2 aromatic rings. The van der Waals surface area contributed by atoms with E-state index in [9.17, 15) is 0 Å². The van der Waals surface area contributed by atoms with Crippen LogP contribution in [0.25, 0.3) is 0 Å². The van der Waals surface area contributed by atoms with Gasteiger partial charge in [0.1, 0.15) is 0 Å². The normalized spacial score (nSPS) is 18.0. The summed E-state index contributed by atoms with van der Waals surface area (Å²) >= 11 is 5.69. The molecule has 0 saturated heterocycles. The van der Waals surface area contributed by atoms with Gasteiger partial charge in [0, 0.05) is 42.9 Å². The Labute approximate surface area is 137 Å². The highest BCUT2D eigenvalue weighted by atomic mass is 32.1. The first-order chi connectivity index (χ1) is 10.5. The van der Waals surface area contributed by atoms with Gasteiger partial charge in [-0.05, 0) is 62.8 Å². The minimum Gasteiger partial charge on any atom is -0.358 e. The molecule has 0 fully saturated rings. The molecule has 1 N–H and O–H groups in total. The van der Waals surface area contributed by atoms with Crippen LogP contribution in [0, 0.1) is 0 Å². The lowest BCUT2D eigenvalue weighted by Crippen LogP contribution is -2.52. The largest absolute Gasteiger partial charge is 0.358 e. The van der Waals surface area contributed by atoms with Gasteiger partial charge >= 0.3 is 0 Å². The fraction of sp³-hybridized carbons (Fsp3) is 0.412. The summed E-state index contributed by atoms with van der Waals surface area (Å²) in [5.41, 5.74) is 2.45. The molecule has 3 heterocycles. The van der Waals surface area contributed by atoms with E-state index in [4.69, 9.17) is 12.2 Å². The molecule has 116 valence electrons. The predicted molar refractivity (Wildman–Crippen MR) is 92.7 cm³/mol. The quantitative estimate of drug-likeness (QED) is 0.821. The Balaban J connectivity index is 1.97. The number of pyridine rings is 1. The van der Waals surface area contributed by atoms with Crippen LogP contribution in [-0.2, 0) is 6.54 Å². The molecule has 4 nitrogen and oxygen atoms in total. The second-order valence-electron chi connectivity index (χ2n) is 6.68. The zero-order valence-electron chi connectivity index (χ0n) is 13.3. The van der Waals surface area contributed by atoms with E-state index in [2.05, 4.69) is 71.0 Å². The molecule has 0 radical (unpaired) electrons. The van der Waals surface area contributed by atoms with Crippen molar-refractivity contribution in [3.05, 3.63) is 54.1 Å². The fourth-order valence-electron chi connectivity index (χ4n) is 2.89. The Kier molecular flexibility index (Phi) is 3.91. The van der Waals surface area contributed by atoms with Gasteiger partial charge in [0.15, 0.2) is 5.11 Å². The van der Waals surface area contributed by atoms with Gasteiger partial charge in [-0.2, -0.15) is 0 Å². The van der Waals surface area contributed by atoms with Crippen LogP contribution in [0.3, 0.4) is 0 Å². The van der Waals surface area contributed by atoms with Crippen LogP contribution >= 0.6 is 12.2 Å². The van der Waals surface area contributed by atoms with E-state index in [-0.39, 0.29) is 11.6 Å². The van der Waals surface area contributed by atoms with E-state index < -0.39 is 0 Å². The zero-order chi connectivity index (χ0) is 15.7. The molecule has 0 amide bonds. The fourth-order valence-corrected chi connectivity index (χ4v) is 3.39. The standard InChI is InChI=1S/C17H22N4S/c1-17(2,3)19-16(22)21-12-11-20-10-4-5-14(20)15(21)13-6-8-18-9-7-13/h4-10,15H,11-12H2,1-3H3,(H,19,22)/t15-/m1/s1. The summed E-state index contributed by atoms with van der Waals surface area (Å²) in [5, 5.41) is 4.25. The van der Waals surface area contributed by atoms with E-state index in [1.165, 1.54) is 11.3 Å². The van der Waals surface area contributed by atoms with Crippen LogP contribution in [0.15, 0.2) is 42.9 Å². The summed E-state index contributed by atoms with van der Waals surface area (Å²) in [6, 6.07) is 8.55. The number of hydrogen-bond acceptors (Lipinski definition) is 2. The molecule has 1 atom stereocenters. The van der Waals surface area contributed by atoms with E-state index in [1.54, 1.807) is 0 Å². The lowest BCUT2D eigenvalue weighted by molar-refractivity contribution is 0.278. The first-order valence-electron chi connectivity index (χ1n) is 7.59. The number of hydrogen-bond donors (Lipinski definition) is 1. The predicted octanol–water partition coefficient (Wildman–Crippen LogP) is 2.96. The Morgan fingerprint density at radius 3 is 2.64 bits per heavy atom. The molecule has 0 spiro atoms. The summed E-state index contributed by atoms with van der Waals surface area (Å²) in [5.74, 6) is 0. The Bertz CT molecular complexity index is 657. The van der Waals surface area contributed by atoms with E-state index >= 15 is 0 Å². The average Bonchev–Trinajstić information content (AvgIpc) is 2.93. The smallest absolute Gasteiger partial charge is 0.170 e. The molecule has 3 rings (SSSR count). The maximum Gasteiger partial charge on any atom is 0.170 e. The topological polar surface area (TPSA) is 33.1 Å². The Morgan fingerprint density at radius 2 is 1.95 bits per heavy atom. The second kappa shape index (κ2) is 5.72. The maximum atomic E-state index is 5.69. The number of thiocarbonyl (C=S) groups is 1. The van der Waals surface area contributed by atoms with Crippen LogP contribution in [0.2, 0.25) is 0 Å². The third-order valence-corrected chi connectivity index (χ3v) is 4.14. The number of aromatic nitrogens is 2. The van der Waals surface area contributed by atoms with Crippen molar-refractivity contribution < 1.29 is 0 Å². The van der Waals surface area contributed by atoms with Gasteiger partial charge < -0.3 is 14.8 Å². The Morgan fingerprint density at radius 1 is 1.23 bits per heavy atom. The molecular formula is C17H22N4S. The van der Waals surface area contributed by atoms with Crippen molar-refractivity contribution in [2.24, 2.45) is 0 Å². The molecular weight excluding hydrogens is 292 g/mol. The minimum atomic E-state index is -0.0423. The van der Waals surface area contributed by atoms with Crippen molar-refractivity contribution >= 4 is 17.3 Å². The van der Waals surface area contributed by atoms with Crippen molar-refractivity contribution in [2.75, 3.05) is 6.54 Å². The van der Waals surface area contributed by atoms with E-state index in [0.29, 0.717) is 0 Å². The SMILES string of the molecule is CC(C)(C)NC(=S)N1CCn2cccc2[C@H]1c1ccncc1. The first kappa shape index (κ1) is 15.0. The number of nitrogens with one attached hydrogen (secondary N) is 1. The van der Waals surface area contributed by atoms with Gasteiger partial charge in [-0.1, -0.05) is 0 Å². The zero-order valence-corrected chi connectivity index (χ0v) is 14.1. The van der Waals surface area contributed by atoms with Crippen molar-refractivity contribution in [1.82, 2.24) is 19.8 Å². The first-order valence-corrected chi connectivity index (χ1v) is 8.00. The van der Waals surface area contributed by atoms with Crippen molar-refractivity contribution in [1.29, 1.82) is 0 Å². The molecule has 0 bridgehead atoms. The molecule has 1 aliphatic heterocycles. The average molecular weight is 314 g/mol. The number of nitrogens with zero attached hydrogens (tertiary/aromatic N) is 3. The summed E-state index contributed by atoms with van der Waals surface area (Å²) in [4.78, 5) is 6.42. The van der Waals surface area contributed by atoms with Crippen LogP contribution in [0.1, 0.15) is 38.1 Å². The Hall–Kier alpha value is -1.88. The maximum absolute atomic E-state index is 5.69. The summed E-state index contributed by atoms with van der Waals surface area (Å²) < 4.78 is 2.31. The van der Waals surface area contributed by atoms with Gasteiger partial charge in [-0.3, -0.25) is 4.98 Å². The monoisotopic (exact) mass is 314 g/mol. The van der Waals surface area contributed by atoms with Gasteiger partial charge in [-0.15, -0.1) is 0 Å². The lowest BCUT2D eigenvalue weighted by atomic mass is 10.0. The highest BCUT2D eigenvalue weighted by Gasteiger charge is 2.31. The summed E-state index contributed by atoms with van der Waals surface area (Å²) in [6.07, 6.45) is 5.83. The summed E-state index contributed by atoms with van der Waals surface area (Å²) in [6.45, 7) is 8.25. The molecule has 22 heavy (non-hydrogen) atoms. The number of fused-ring (bicyclic) bond motifs is 1. The highest BCUT2D eigenvalue weighted by molar-refractivity contribution is 7.80. The van der Waals surface area contributed by atoms with Crippen molar-refractivity contribution in [2.45, 2.75) is 38.9 Å². The van der Waals surface area contributed by atoms with Crippen LogP contribution in [0.5, 0.6) is 0 Å². The molecule has 0 saturated carbocycles. The third-order valence-electron chi connectivity index (χ3n) is 3.80. The minimum absolute atomic E-state index is 0.0423. The number of rotatable bonds is 1. The highest BCUT2D eigenvalue weighted by Crippen LogP contribution is 2.32. The van der Waals surface area contributed by atoms with E-state index in [1.807, 2.05) is 12.4 Å². The molecule has 0 aliphatic carbocycles. The van der Waals surface area contributed by atoms with Gasteiger partial charge in [0.25, 0.3) is 0 Å². The molecule has 2 aromatic heterocycles. The third kappa shape index (κ3) is 2.99. The lowest BCUT2D eigenvalue weighted by Gasteiger charge is -2.40. The van der Waals surface area contributed by atoms with Gasteiger partial charge in [0.05, 0.1) is 6.04 Å². The molecule has 0 aromatic carbocycles. The molecule has 1 aliphatic rings. The molecule has 5 heteroatoms. The van der Waals surface area contributed by atoms with Gasteiger partial charge in [0.2, 0.25) is 0 Å². The van der Waals surface area contributed by atoms with E-state index in [0.717, 1.165) is 18.2 Å². The summed E-state index contributed by atoms with van der Waals surface area (Å²) in [7, 11) is 0. The van der Waals surface area contributed by atoms with Crippen LogP contribution < -0.4 is 5.32 Å². The van der Waals surface area contributed by atoms with Gasteiger partial charge in [-0.25, -0.2) is 0 Å². The molecule has 0 unspecified atom stereocenters. The van der Waals surface area contributed by atoms with Crippen molar-refractivity contribution in [3.8, 4) is 0 Å². The second-order valence-corrected chi connectivity index (χ2v) is 7.07. The van der Waals surface area contributed by atoms with Crippen LogP contribution in [-0.4, -0.2) is 31.6 Å². The van der Waals surface area contributed by atoms with Crippen molar-refractivity contribution in [3.63, 3.8) is 0 Å². The van der Waals surface area contributed by atoms with Crippen LogP contribution in [0.4, 0.5) is 0 Å².